The lowest BCUT2D eigenvalue weighted by Crippen LogP contribution is -2.01. The fourth-order valence-corrected chi connectivity index (χ4v) is 2.65. The fourth-order valence-electron chi connectivity index (χ4n) is 2.65. The summed E-state index contributed by atoms with van der Waals surface area (Å²) in [6.45, 7) is 8.90. The number of pyridine rings is 1. The molecule has 0 N–H and O–H groups in total. The van der Waals surface area contributed by atoms with Crippen LogP contribution in [-0.4, -0.2) is 26.0 Å². The molecular weight excluding hydrogens is 288 g/mol. The number of rotatable bonds is 5. The van der Waals surface area contributed by atoms with Crippen molar-refractivity contribution in [3.8, 4) is 17.1 Å². The van der Waals surface area contributed by atoms with E-state index >= 15 is 0 Å². The third kappa shape index (κ3) is 2.79. The Balaban J connectivity index is 2.13. The summed E-state index contributed by atoms with van der Waals surface area (Å²) >= 11 is 0. The van der Waals surface area contributed by atoms with Gasteiger partial charge in [0.25, 0.3) is 0 Å². The van der Waals surface area contributed by atoms with E-state index in [-0.39, 0.29) is 0 Å². The van der Waals surface area contributed by atoms with Gasteiger partial charge in [-0.05, 0) is 38.5 Å². The van der Waals surface area contributed by atoms with Gasteiger partial charge in [0, 0.05) is 18.3 Å². The second-order valence-corrected chi connectivity index (χ2v) is 5.66. The maximum atomic E-state index is 5.62. The summed E-state index contributed by atoms with van der Waals surface area (Å²) in [5.74, 6) is 2.09. The molecule has 1 atom stereocenters. The average molecular weight is 310 g/mol. The summed E-state index contributed by atoms with van der Waals surface area (Å²) in [6, 6.07) is 5.88. The molecule has 23 heavy (non-hydrogen) atoms. The van der Waals surface area contributed by atoms with Gasteiger partial charge in [-0.25, -0.2) is 15.0 Å². The quantitative estimate of drug-likeness (QED) is 0.714. The topological polar surface area (TPSA) is 52.3 Å². The van der Waals surface area contributed by atoms with Crippen LogP contribution in [0.2, 0.25) is 0 Å². The van der Waals surface area contributed by atoms with E-state index in [2.05, 4.69) is 23.2 Å². The Morgan fingerprint density at radius 3 is 2.78 bits per heavy atom. The van der Waals surface area contributed by atoms with Gasteiger partial charge in [0.1, 0.15) is 5.82 Å². The molecule has 3 heterocycles. The van der Waals surface area contributed by atoms with E-state index < -0.39 is 0 Å². The van der Waals surface area contributed by atoms with E-state index in [1.807, 2.05) is 38.2 Å². The summed E-state index contributed by atoms with van der Waals surface area (Å²) in [7, 11) is 0. The first-order chi connectivity index (χ1) is 11.2. The standard InChI is InChI=1S/C18H22N4O/c1-5-12(3)16-20-13(4)17-21-15(9-11-22(16)17)14-8-7-10-19-18(14)23-6-2/h7-12H,5-6H2,1-4H3/t12-/m1/s1. The van der Waals surface area contributed by atoms with E-state index in [1.54, 1.807) is 6.20 Å². The van der Waals surface area contributed by atoms with Gasteiger partial charge in [0.2, 0.25) is 5.88 Å². The number of fused-ring (bicyclic) bond motifs is 1. The smallest absolute Gasteiger partial charge is 0.222 e. The summed E-state index contributed by atoms with van der Waals surface area (Å²) in [4.78, 5) is 13.8. The number of aromatic nitrogens is 4. The lowest BCUT2D eigenvalue weighted by molar-refractivity contribution is 0.328. The first-order valence-corrected chi connectivity index (χ1v) is 8.09. The number of hydrogen-bond donors (Lipinski definition) is 0. The monoisotopic (exact) mass is 310 g/mol. The molecule has 0 saturated heterocycles. The molecule has 5 heteroatoms. The predicted molar refractivity (Wildman–Crippen MR) is 90.8 cm³/mol. The molecule has 0 radical (unpaired) electrons. The van der Waals surface area contributed by atoms with Crippen LogP contribution >= 0.6 is 0 Å². The molecule has 3 rings (SSSR count). The van der Waals surface area contributed by atoms with Crippen molar-refractivity contribution in [2.24, 2.45) is 0 Å². The van der Waals surface area contributed by atoms with Crippen LogP contribution in [0.4, 0.5) is 0 Å². The van der Waals surface area contributed by atoms with Gasteiger partial charge in [-0.15, -0.1) is 0 Å². The Morgan fingerprint density at radius 2 is 2.04 bits per heavy atom. The third-order valence-electron chi connectivity index (χ3n) is 4.07. The van der Waals surface area contributed by atoms with Gasteiger partial charge in [0.15, 0.2) is 5.65 Å². The molecule has 0 aliphatic carbocycles. The van der Waals surface area contributed by atoms with Gasteiger partial charge in [-0.2, -0.15) is 0 Å². The summed E-state index contributed by atoms with van der Waals surface area (Å²) in [6.07, 6.45) is 4.83. The van der Waals surface area contributed by atoms with Gasteiger partial charge in [0.05, 0.1) is 23.6 Å². The first-order valence-electron chi connectivity index (χ1n) is 8.09. The molecule has 0 fully saturated rings. The van der Waals surface area contributed by atoms with Gasteiger partial charge in [-0.1, -0.05) is 13.8 Å². The van der Waals surface area contributed by atoms with Crippen molar-refractivity contribution in [2.45, 2.75) is 40.0 Å². The zero-order chi connectivity index (χ0) is 16.4. The minimum absolute atomic E-state index is 0.404. The van der Waals surface area contributed by atoms with Crippen molar-refractivity contribution < 1.29 is 4.74 Å². The molecule has 5 nitrogen and oxygen atoms in total. The molecule has 0 amide bonds. The highest BCUT2D eigenvalue weighted by atomic mass is 16.5. The van der Waals surface area contributed by atoms with Crippen LogP contribution in [0.15, 0.2) is 30.6 Å². The van der Waals surface area contributed by atoms with Crippen LogP contribution in [0.5, 0.6) is 5.88 Å². The molecule has 0 saturated carbocycles. The molecule has 120 valence electrons. The maximum Gasteiger partial charge on any atom is 0.222 e. The second kappa shape index (κ2) is 6.36. The van der Waals surface area contributed by atoms with Crippen LogP contribution < -0.4 is 4.74 Å². The second-order valence-electron chi connectivity index (χ2n) is 5.66. The summed E-state index contributed by atoms with van der Waals surface area (Å²) < 4.78 is 7.71. The number of ether oxygens (including phenoxy) is 1. The van der Waals surface area contributed by atoms with E-state index in [0.29, 0.717) is 18.4 Å². The molecule has 0 aliphatic rings. The van der Waals surface area contributed by atoms with Crippen LogP contribution in [0.3, 0.4) is 0 Å². The molecule has 0 bridgehead atoms. The van der Waals surface area contributed by atoms with Crippen molar-refractivity contribution in [2.75, 3.05) is 6.61 Å². The van der Waals surface area contributed by atoms with Crippen LogP contribution in [-0.2, 0) is 0 Å². The number of hydrogen-bond acceptors (Lipinski definition) is 4. The van der Waals surface area contributed by atoms with Crippen molar-refractivity contribution in [3.05, 3.63) is 42.1 Å². The van der Waals surface area contributed by atoms with E-state index in [1.165, 1.54) is 0 Å². The minimum Gasteiger partial charge on any atom is -0.477 e. The molecule has 0 aromatic carbocycles. The van der Waals surface area contributed by atoms with Gasteiger partial charge >= 0.3 is 0 Å². The SMILES string of the molecule is CCOc1ncccc1-c1ccn2c([C@H](C)CC)nc(C)c2n1. The van der Waals surface area contributed by atoms with Crippen LogP contribution in [0.1, 0.15) is 44.6 Å². The Morgan fingerprint density at radius 1 is 1.22 bits per heavy atom. The van der Waals surface area contributed by atoms with Crippen molar-refractivity contribution >= 4 is 5.65 Å². The fraction of sp³-hybridized carbons (Fsp3) is 0.389. The van der Waals surface area contributed by atoms with Crippen molar-refractivity contribution in [3.63, 3.8) is 0 Å². The molecule has 0 aliphatic heterocycles. The first kappa shape index (κ1) is 15.5. The number of nitrogens with zero attached hydrogens (tertiary/aromatic N) is 4. The summed E-state index contributed by atoms with van der Waals surface area (Å²) in [5.41, 5.74) is 3.60. The Kier molecular flexibility index (Phi) is 4.28. The Hall–Kier alpha value is -2.43. The molecule has 3 aromatic heterocycles. The molecule has 0 spiro atoms. The molecule has 0 unspecified atom stereocenters. The number of aryl methyl sites for hydroxylation is 1. The minimum atomic E-state index is 0.404. The molecular formula is C18H22N4O. The summed E-state index contributed by atoms with van der Waals surface area (Å²) in [5, 5.41) is 0. The lowest BCUT2D eigenvalue weighted by Gasteiger charge is -2.10. The largest absolute Gasteiger partial charge is 0.477 e. The third-order valence-corrected chi connectivity index (χ3v) is 4.07. The zero-order valence-corrected chi connectivity index (χ0v) is 14.1. The predicted octanol–water partition coefficient (Wildman–Crippen LogP) is 4.01. The van der Waals surface area contributed by atoms with Crippen molar-refractivity contribution in [1.82, 2.24) is 19.4 Å². The van der Waals surface area contributed by atoms with Gasteiger partial charge in [-0.3, -0.25) is 4.40 Å². The number of imidazole rings is 1. The Labute approximate surface area is 136 Å². The highest BCUT2D eigenvalue weighted by Crippen LogP contribution is 2.28. The molecule has 3 aromatic rings. The van der Waals surface area contributed by atoms with Crippen LogP contribution in [0.25, 0.3) is 16.9 Å². The van der Waals surface area contributed by atoms with Gasteiger partial charge < -0.3 is 4.74 Å². The Bertz CT molecular complexity index is 825. The highest BCUT2D eigenvalue weighted by molar-refractivity contribution is 5.67. The van der Waals surface area contributed by atoms with Crippen LogP contribution in [0, 0.1) is 6.92 Å². The lowest BCUT2D eigenvalue weighted by atomic mass is 10.1. The average Bonchev–Trinajstić information content (AvgIpc) is 2.91. The van der Waals surface area contributed by atoms with E-state index in [0.717, 1.165) is 34.8 Å². The highest BCUT2D eigenvalue weighted by Gasteiger charge is 2.16. The van der Waals surface area contributed by atoms with Crippen molar-refractivity contribution in [1.29, 1.82) is 0 Å². The normalized spacial score (nSPS) is 12.5. The maximum absolute atomic E-state index is 5.62. The zero-order valence-electron chi connectivity index (χ0n) is 14.1. The van der Waals surface area contributed by atoms with E-state index in [4.69, 9.17) is 14.7 Å². The van der Waals surface area contributed by atoms with E-state index in [9.17, 15) is 0 Å².